The van der Waals surface area contributed by atoms with Gasteiger partial charge in [-0.3, -0.25) is 0 Å². The zero-order valence-corrected chi connectivity index (χ0v) is 11.7. The summed E-state index contributed by atoms with van der Waals surface area (Å²) in [6.07, 6.45) is -4.49. The van der Waals surface area contributed by atoms with Crippen molar-refractivity contribution >= 4 is 17.3 Å². The van der Waals surface area contributed by atoms with Crippen molar-refractivity contribution in [2.45, 2.75) is 20.0 Å². The molecule has 5 nitrogen and oxygen atoms in total. The highest BCUT2D eigenvalue weighted by Gasteiger charge is 2.31. The molecule has 0 amide bonds. The van der Waals surface area contributed by atoms with Gasteiger partial charge in [-0.2, -0.15) is 13.2 Å². The molecule has 1 heterocycles. The fourth-order valence-corrected chi connectivity index (χ4v) is 1.99. The Kier molecular flexibility index (Phi) is 3.91. The summed E-state index contributed by atoms with van der Waals surface area (Å²) in [5.74, 6) is 0. The Morgan fingerprint density at radius 2 is 2.05 bits per heavy atom. The minimum Gasteiger partial charge on any atom is -0.411 e. The Balaban J connectivity index is 2.60. The third-order valence-electron chi connectivity index (χ3n) is 2.89. The Bertz CT molecular complexity index is 709. The summed E-state index contributed by atoms with van der Waals surface area (Å²) < 4.78 is 39.5. The molecular weight excluding hydrogens is 309 g/mol. The first-order chi connectivity index (χ1) is 9.75. The van der Waals surface area contributed by atoms with Crippen LogP contribution >= 0.6 is 11.6 Å². The van der Waals surface area contributed by atoms with E-state index >= 15 is 0 Å². The Hall–Kier alpha value is -2.09. The third-order valence-corrected chi connectivity index (χ3v) is 3.21. The lowest BCUT2D eigenvalue weighted by Gasteiger charge is -2.11. The smallest absolute Gasteiger partial charge is 0.411 e. The number of rotatable bonds is 2. The average molecular weight is 319 g/mol. The van der Waals surface area contributed by atoms with Gasteiger partial charge in [0.25, 0.3) is 0 Å². The second-order valence-electron chi connectivity index (χ2n) is 4.28. The molecule has 0 saturated carbocycles. The topological polar surface area (TPSA) is 63.3 Å². The summed E-state index contributed by atoms with van der Waals surface area (Å²) in [5, 5.41) is 19.4. The molecule has 0 saturated heterocycles. The van der Waals surface area contributed by atoms with Gasteiger partial charge < -0.3 is 5.21 Å². The summed E-state index contributed by atoms with van der Waals surface area (Å²) in [5.41, 5.74) is 0.0822. The molecule has 0 aliphatic heterocycles. The van der Waals surface area contributed by atoms with Crippen LogP contribution in [-0.2, 0) is 6.18 Å². The fraction of sp³-hybridized carbons (Fsp3) is 0.250. The van der Waals surface area contributed by atoms with Crippen molar-refractivity contribution in [3.05, 3.63) is 40.2 Å². The van der Waals surface area contributed by atoms with Crippen molar-refractivity contribution in [3.8, 4) is 5.69 Å². The van der Waals surface area contributed by atoms with Gasteiger partial charge in [0, 0.05) is 0 Å². The van der Waals surface area contributed by atoms with Crippen LogP contribution in [0, 0.1) is 6.92 Å². The largest absolute Gasteiger partial charge is 0.416 e. The minimum absolute atomic E-state index is 0.0495. The molecule has 112 valence electrons. The lowest BCUT2D eigenvalue weighted by molar-refractivity contribution is -0.137. The summed E-state index contributed by atoms with van der Waals surface area (Å²) in [6, 6.07) is 2.92. The zero-order chi connectivity index (χ0) is 15.8. The summed E-state index contributed by atoms with van der Waals surface area (Å²) in [4.78, 5) is 0. The first kappa shape index (κ1) is 15.3. The van der Waals surface area contributed by atoms with Gasteiger partial charge in [-0.05, 0) is 32.0 Å². The molecule has 21 heavy (non-hydrogen) atoms. The Morgan fingerprint density at radius 1 is 1.38 bits per heavy atom. The molecular formula is C12H10ClF3N4O. The van der Waals surface area contributed by atoms with Crippen LogP contribution in [-0.4, -0.2) is 25.9 Å². The maximum Gasteiger partial charge on any atom is 0.416 e. The normalized spacial score (nSPS) is 12.8. The highest BCUT2D eigenvalue weighted by molar-refractivity contribution is 6.32. The number of aromatic nitrogens is 3. The van der Waals surface area contributed by atoms with Crippen LogP contribution in [0.1, 0.15) is 23.9 Å². The van der Waals surface area contributed by atoms with Crippen LogP contribution in [0.15, 0.2) is 23.4 Å². The lowest BCUT2D eigenvalue weighted by atomic mass is 10.2. The van der Waals surface area contributed by atoms with Gasteiger partial charge in [0.15, 0.2) is 0 Å². The van der Waals surface area contributed by atoms with Crippen molar-refractivity contribution in [2.75, 3.05) is 0 Å². The molecule has 0 atom stereocenters. The summed E-state index contributed by atoms with van der Waals surface area (Å²) in [6.45, 7) is 3.08. The van der Waals surface area contributed by atoms with Gasteiger partial charge in [0.05, 0.1) is 22.0 Å². The number of nitrogens with zero attached hydrogens (tertiary/aromatic N) is 4. The van der Waals surface area contributed by atoms with E-state index in [0.717, 1.165) is 18.2 Å². The van der Waals surface area contributed by atoms with E-state index in [0.29, 0.717) is 5.69 Å². The lowest BCUT2D eigenvalue weighted by Crippen LogP contribution is -2.08. The molecule has 0 aliphatic rings. The molecule has 1 aromatic carbocycles. The van der Waals surface area contributed by atoms with Crippen molar-refractivity contribution in [1.29, 1.82) is 0 Å². The molecule has 0 bridgehead atoms. The van der Waals surface area contributed by atoms with Gasteiger partial charge in [-0.15, -0.1) is 5.10 Å². The third kappa shape index (κ3) is 2.85. The first-order valence-corrected chi connectivity index (χ1v) is 6.12. The quantitative estimate of drug-likeness (QED) is 0.524. The molecule has 0 aliphatic carbocycles. The monoisotopic (exact) mass is 318 g/mol. The van der Waals surface area contributed by atoms with Gasteiger partial charge in [0.2, 0.25) is 0 Å². The van der Waals surface area contributed by atoms with Crippen LogP contribution in [0.2, 0.25) is 5.02 Å². The number of oxime groups is 1. The Morgan fingerprint density at radius 3 is 2.62 bits per heavy atom. The van der Waals surface area contributed by atoms with E-state index in [2.05, 4.69) is 15.5 Å². The van der Waals surface area contributed by atoms with Crippen molar-refractivity contribution < 1.29 is 18.4 Å². The van der Waals surface area contributed by atoms with Crippen molar-refractivity contribution in [3.63, 3.8) is 0 Å². The highest BCUT2D eigenvalue weighted by Crippen LogP contribution is 2.33. The average Bonchev–Trinajstić information content (AvgIpc) is 2.79. The summed E-state index contributed by atoms with van der Waals surface area (Å²) in [7, 11) is 0. The first-order valence-electron chi connectivity index (χ1n) is 5.74. The van der Waals surface area contributed by atoms with E-state index < -0.39 is 11.7 Å². The SMILES string of the molecule is C/C(=N\O)c1nnn(-c2cc(C(F)(F)F)ccc2Cl)c1C. The van der Waals surface area contributed by atoms with E-state index in [1.54, 1.807) is 6.92 Å². The number of hydrogen-bond acceptors (Lipinski definition) is 4. The fourth-order valence-electron chi connectivity index (χ4n) is 1.79. The standard InChI is InChI=1S/C12H10ClF3N4O/c1-6(18-21)11-7(2)20(19-17-11)10-5-8(12(14,15)16)3-4-9(10)13/h3-5,21H,1-2H3/b18-6+. The second-order valence-corrected chi connectivity index (χ2v) is 4.69. The van der Waals surface area contributed by atoms with Gasteiger partial charge >= 0.3 is 6.18 Å². The van der Waals surface area contributed by atoms with Crippen LogP contribution < -0.4 is 0 Å². The number of halogens is 4. The minimum atomic E-state index is -4.49. The zero-order valence-electron chi connectivity index (χ0n) is 11.0. The molecule has 0 radical (unpaired) electrons. The molecule has 9 heteroatoms. The number of hydrogen-bond donors (Lipinski definition) is 1. The molecule has 0 spiro atoms. The van der Waals surface area contributed by atoms with E-state index in [4.69, 9.17) is 16.8 Å². The molecule has 1 aromatic heterocycles. The predicted octanol–water partition coefficient (Wildman–Crippen LogP) is 3.45. The number of benzene rings is 1. The van der Waals surface area contributed by atoms with Gasteiger partial charge in [-0.1, -0.05) is 22.0 Å². The van der Waals surface area contributed by atoms with Crippen LogP contribution in [0.4, 0.5) is 13.2 Å². The molecule has 2 aromatic rings. The maximum absolute atomic E-state index is 12.8. The van der Waals surface area contributed by atoms with E-state index in [9.17, 15) is 13.2 Å². The van der Waals surface area contributed by atoms with Crippen LogP contribution in [0.5, 0.6) is 0 Å². The molecule has 1 N–H and O–H groups in total. The highest BCUT2D eigenvalue weighted by atomic mass is 35.5. The van der Waals surface area contributed by atoms with Gasteiger partial charge in [0.1, 0.15) is 11.4 Å². The van der Waals surface area contributed by atoms with Crippen molar-refractivity contribution in [1.82, 2.24) is 15.0 Å². The van der Waals surface area contributed by atoms with E-state index in [-0.39, 0.29) is 22.1 Å². The number of alkyl halides is 3. The van der Waals surface area contributed by atoms with Crippen LogP contribution in [0.25, 0.3) is 5.69 Å². The molecule has 0 unspecified atom stereocenters. The van der Waals surface area contributed by atoms with Gasteiger partial charge in [-0.25, -0.2) is 4.68 Å². The molecule has 0 fully saturated rings. The van der Waals surface area contributed by atoms with E-state index in [1.807, 2.05) is 0 Å². The second kappa shape index (κ2) is 5.36. The predicted molar refractivity (Wildman–Crippen MR) is 70.1 cm³/mol. The van der Waals surface area contributed by atoms with Crippen LogP contribution in [0.3, 0.4) is 0 Å². The molecule has 2 rings (SSSR count). The maximum atomic E-state index is 12.8. The summed E-state index contributed by atoms with van der Waals surface area (Å²) >= 11 is 5.94. The van der Waals surface area contributed by atoms with Crippen molar-refractivity contribution in [2.24, 2.45) is 5.16 Å². The Labute approximate surface area is 122 Å². The van der Waals surface area contributed by atoms with E-state index in [1.165, 1.54) is 11.6 Å².